The van der Waals surface area contributed by atoms with Crippen molar-refractivity contribution in [2.45, 2.75) is 57.8 Å². The molecule has 0 radical (unpaired) electrons. The highest BCUT2D eigenvalue weighted by molar-refractivity contribution is 6.07. The maximum atomic E-state index is 12.8. The molecule has 20 heavy (non-hydrogen) atoms. The fraction of sp³-hybridized carbons (Fsp3) is 0.875. The van der Waals surface area contributed by atoms with Crippen LogP contribution in [-0.2, 0) is 9.59 Å². The minimum atomic E-state index is -0.651. The molecule has 0 aromatic carbocycles. The van der Waals surface area contributed by atoms with Gasteiger partial charge in [-0.3, -0.25) is 9.59 Å². The van der Waals surface area contributed by atoms with Gasteiger partial charge < -0.3 is 9.80 Å². The Hall–Kier alpha value is -1.06. The normalized spacial score (nSPS) is 26.0. The summed E-state index contributed by atoms with van der Waals surface area (Å²) >= 11 is 0. The van der Waals surface area contributed by atoms with Gasteiger partial charge in [0.05, 0.1) is 0 Å². The van der Waals surface area contributed by atoms with Crippen molar-refractivity contribution in [3.8, 4) is 0 Å². The summed E-state index contributed by atoms with van der Waals surface area (Å²) in [6, 6.07) is 0. The molecule has 3 fully saturated rings. The van der Waals surface area contributed by atoms with Crippen LogP contribution < -0.4 is 0 Å². The number of rotatable bonds is 2. The molecular formula is C16H26N2O2. The molecule has 2 amide bonds. The molecule has 0 bridgehead atoms. The van der Waals surface area contributed by atoms with E-state index in [9.17, 15) is 9.59 Å². The summed E-state index contributed by atoms with van der Waals surface area (Å²) in [6.45, 7) is 3.42. The largest absolute Gasteiger partial charge is 0.342 e. The Morgan fingerprint density at radius 1 is 0.600 bits per heavy atom. The molecule has 4 nitrogen and oxygen atoms in total. The number of piperidine rings is 1. The van der Waals surface area contributed by atoms with Crippen molar-refractivity contribution in [2.24, 2.45) is 5.41 Å². The second-order valence-corrected chi connectivity index (χ2v) is 6.64. The molecule has 0 spiro atoms. The van der Waals surface area contributed by atoms with Crippen LogP contribution in [0.1, 0.15) is 57.8 Å². The molecule has 2 heterocycles. The van der Waals surface area contributed by atoms with E-state index in [4.69, 9.17) is 0 Å². The monoisotopic (exact) mass is 278 g/mol. The Morgan fingerprint density at radius 3 is 1.30 bits per heavy atom. The Balaban J connectivity index is 1.67. The molecule has 0 N–H and O–H groups in total. The predicted octanol–water partition coefficient (Wildman–Crippen LogP) is 2.18. The van der Waals surface area contributed by atoms with Gasteiger partial charge in [-0.25, -0.2) is 0 Å². The summed E-state index contributed by atoms with van der Waals surface area (Å²) in [7, 11) is 0. The average Bonchev–Trinajstić information content (AvgIpc) is 3.31. The van der Waals surface area contributed by atoms with E-state index in [2.05, 4.69) is 0 Å². The van der Waals surface area contributed by atoms with E-state index in [0.717, 1.165) is 64.7 Å². The van der Waals surface area contributed by atoms with E-state index in [1.807, 2.05) is 9.80 Å². The lowest BCUT2D eigenvalue weighted by Gasteiger charge is -2.32. The molecule has 3 aliphatic rings. The smallest absolute Gasteiger partial charge is 0.238 e. The Bertz CT molecular complexity index is 376. The first kappa shape index (κ1) is 13.9. The molecule has 1 saturated carbocycles. The molecule has 4 heteroatoms. The van der Waals surface area contributed by atoms with Crippen molar-refractivity contribution in [3.05, 3.63) is 0 Å². The Morgan fingerprint density at radius 2 is 0.950 bits per heavy atom. The zero-order chi connectivity index (χ0) is 14.0. The predicted molar refractivity (Wildman–Crippen MR) is 77.1 cm³/mol. The first-order chi connectivity index (χ1) is 9.74. The maximum Gasteiger partial charge on any atom is 0.238 e. The summed E-state index contributed by atoms with van der Waals surface area (Å²) in [5.74, 6) is 0.265. The molecule has 1 aliphatic carbocycles. The number of amides is 2. The van der Waals surface area contributed by atoms with E-state index < -0.39 is 5.41 Å². The van der Waals surface area contributed by atoms with E-state index in [1.54, 1.807) is 0 Å². The van der Waals surface area contributed by atoms with E-state index in [-0.39, 0.29) is 11.8 Å². The third-order valence-electron chi connectivity index (χ3n) is 5.11. The van der Waals surface area contributed by atoms with Gasteiger partial charge in [-0.2, -0.15) is 0 Å². The molecular weight excluding hydrogens is 252 g/mol. The molecule has 112 valence electrons. The van der Waals surface area contributed by atoms with E-state index in [1.165, 1.54) is 19.3 Å². The SMILES string of the molecule is O=C(N1CCCCCC1)C1(C(=O)N2CCCCC2)CC1. The van der Waals surface area contributed by atoms with Gasteiger partial charge in [-0.15, -0.1) is 0 Å². The highest BCUT2D eigenvalue weighted by Crippen LogP contribution is 2.49. The minimum absolute atomic E-state index is 0.131. The standard InChI is InChI=1S/C16H26N2O2/c19-14(17-10-4-1-2-5-11-17)16(8-9-16)15(20)18-12-6-3-7-13-18/h1-13H2. The number of nitrogens with zero attached hydrogens (tertiary/aromatic N) is 2. The average molecular weight is 278 g/mol. The summed E-state index contributed by atoms with van der Waals surface area (Å²) in [5, 5.41) is 0. The lowest BCUT2D eigenvalue weighted by atomic mass is 10.0. The van der Waals surface area contributed by atoms with Gasteiger partial charge >= 0.3 is 0 Å². The van der Waals surface area contributed by atoms with Crippen LogP contribution in [0.4, 0.5) is 0 Å². The van der Waals surface area contributed by atoms with Crippen LogP contribution in [0.3, 0.4) is 0 Å². The van der Waals surface area contributed by atoms with Crippen LogP contribution in [0.2, 0.25) is 0 Å². The van der Waals surface area contributed by atoms with Gasteiger partial charge in [0.15, 0.2) is 0 Å². The molecule has 2 aliphatic heterocycles. The molecule has 2 saturated heterocycles. The van der Waals surface area contributed by atoms with Gasteiger partial charge in [0.2, 0.25) is 11.8 Å². The van der Waals surface area contributed by atoms with E-state index in [0.29, 0.717) is 0 Å². The number of hydrogen-bond acceptors (Lipinski definition) is 2. The Kier molecular flexibility index (Phi) is 3.99. The van der Waals surface area contributed by atoms with Crippen LogP contribution in [0.15, 0.2) is 0 Å². The van der Waals surface area contributed by atoms with Gasteiger partial charge in [-0.1, -0.05) is 12.8 Å². The number of hydrogen-bond donors (Lipinski definition) is 0. The first-order valence-electron chi connectivity index (χ1n) is 8.33. The minimum Gasteiger partial charge on any atom is -0.342 e. The zero-order valence-electron chi connectivity index (χ0n) is 12.4. The second-order valence-electron chi connectivity index (χ2n) is 6.64. The fourth-order valence-electron chi connectivity index (χ4n) is 3.62. The second kappa shape index (κ2) is 5.74. The van der Waals surface area contributed by atoms with Gasteiger partial charge in [0.25, 0.3) is 0 Å². The Labute approximate surface area is 121 Å². The van der Waals surface area contributed by atoms with Crippen LogP contribution in [0.5, 0.6) is 0 Å². The van der Waals surface area contributed by atoms with E-state index >= 15 is 0 Å². The lowest BCUT2D eigenvalue weighted by molar-refractivity contribution is -0.150. The lowest BCUT2D eigenvalue weighted by Crippen LogP contribution is -2.48. The third kappa shape index (κ3) is 2.57. The summed E-state index contributed by atoms with van der Waals surface area (Å²) in [4.78, 5) is 29.5. The molecule has 0 aromatic heterocycles. The summed E-state index contributed by atoms with van der Waals surface area (Å²) < 4.78 is 0. The van der Waals surface area contributed by atoms with Crippen molar-refractivity contribution in [3.63, 3.8) is 0 Å². The molecule has 3 rings (SSSR count). The van der Waals surface area contributed by atoms with Crippen molar-refractivity contribution < 1.29 is 9.59 Å². The number of carbonyl (C=O) groups is 2. The fourth-order valence-corrected chi connectivity index (χ4v) is 3.62. The summed E-state index contributed by atoms with van der Waals surface area (Å²) in [5.41, 5.74) is -0.651. The van der Waals surface area contributed by atoms with Crippen molar-refractivity contribution in [1.82, 2.24) is 9.80 Å². The van der Waals surface area contributed by atoms with Crippen LogP contribution in [0, 0.1) is 5.41 Å². The zero-order valence-corrected chi connectivity index (χ0v) is 12.4. The maximum absolute atomic E-state index is 12.8. The molecule has 0 atom stereocenters. The van der Waals surface area contributed by atoms with Crippen LogP contribution in [0.25, 0.3) is 0 Å². The van der Waals surface area contributed by atoms with Crippen molar-refractivity contribution in [1.29, 1.82) is 0 Å². The van der Waals surface area contributed by atoms with Gasteiger partial charge in [-0.05, 0) is 44.9 Å². The molecule has 0 aromatic rings. The summed E-state index contributed by atoms with van der Waals surface area (Å²) in [6.07, 6.45) is 9.60. The highest BCUT2D eigenvalue weighted by Gasteiger charge is 2.59. The van der Waals surface area contributed by atoms with Gasteiger partial charge in [0, 0.05) is 26.2 Å². The quantitative estimate of drug-likeness (QED) is 0.726. The highest BCUT2D eigenvalue weighted by atomic mass is 16.2. The van der Waals surface area contributed by atoms with Crippen molar-refractivity contribution in [2.75, 3.05) is 26.2 Å². The number of likely N-dealkylation sites (tertiary alicyclic amines) is 2. The van der Waals surface area contributed by atoms with Crippen LogP contribution in [-0.4, -0.2) is 47.8 Å². The topological polar surface area (TPSA) is 40.6 Å². The molecule has 0 unspecified atom stereocenters. The van der Waals surface area contributed by atoms with Crippen molar-refractivity contribution >= 4 is 11.8 Å². The number of carbonyl (C=O) groups excluding carboxylic acids is 2. The van der Waals surface area contributed by atoms with Gasteiger partial charge in [0.1, 0.15) is 5.41 Å². The first-order valence-corrected chi connectivity index (χ1v) is 8.33. The third-order valence-corrected chi connectivity index (χ3v) is 5.11. The van der Waals surface area contributed by atoms with Crippen LogP contribution >= 0.6 is 0 Å².